The summed E-state index contributed by atoms with van der Waals surface area (Å²) in [5.74, 6) is 0.230. The van der Waals surface area contributed by atoms with E-state index in [1.54, 1.807) is 37.1 Å². The maximum absolute atomic E-state index is 12.5. The fourth-order valence-corrected chi connectivity index (χ4v) is 2.61. The van der Waals surface area contributed by atoms with Gasteiger partial charge in [-0.3, -0.25) is 9.59 Å². The second kappa shape index (κ2) is 7.15. The quantitative estimate of drug-likeness (QED) is 0.676. The van der Waals surface area contributed by atoms with Gasteiger partial charge in [-0.05, 0) is 31.9 Å². The van der Waals surface area contributed by atoms with Crippen molar-refractivity contribution < 1.29 is 19.1 Å². The monoisotopic (exact) mass is 306 g/mol. The molecule has 6 heteroatoms. The number of ether oxygens (including phenoxy) is 2. The van der Waals surface area contributed by atoms with E-state index in [1.807, 2.05) is 0 Å². The molecule has 0 spiro atoms. The van der Waals surface area contributed by atoms with Crippen molar-refractivity contribution in [2.45, 2.75) is 19.8 Å². The Labute approximate surface area is 130 Å². The highest BCUT2D eigenvalue weighted by Crippen LogP contribution is 2.24. The van der Waals surface area contributed by atoms with Gasteiger partial charge in [0, 0.05) is 24.8 Å². The highest BCUT2D eigenvalue weighted by Gasteiger charge is 2.29. The molecule has 1 aliphatic heterocycles. The summed E-state index contributed by atoms with van der Waals surface area (Å²) in [6, 6.07) is 5.03. The van der Waals surface area contributed by atoms with Crippen LogP contribution in [-0.4, -0.2) is 43.6 Å². The van der Waals surface area contributed by atoms with Gasteiger partial charge in [-0.1, -0.05) is 0 Å². The number of nitrogens with zero attached hydrogens (tertiary/aromatic N) is 1. The molecule has 1 aromatic rings. The van der Waals surface area contributed by atoms with Crippen LogP contribution in [0.2, 0.25) is 0 Å². The van der Waals surface area contributed by atoms with Crippen molar-refractivity contribution in [2.24, 2.45) is 5.92 Å². The molecule has 0 unspecified atom stereocenters. The number of nitrogen functional groups attached to an aromatic ring is 1. The summed E-state index contributed by atoms with van der Waals surface area (Å²) < 4.78 is 10.1. The van der Waals surface area contributed by atoms with Crippen molar-refractivity contribution in [3.63, 3.8) is 0 Å². The molecule has 120 valence electrons. The van der Waals surface area contributed by atoms with Crippen LogP contribution in [0.1, 0.15) is 30.1 Å². The van der Waals surface area contributed by atoms with Crippen LogP contribution in [0, 0.1) is 5.92 Å². The third kappa shape index (κ3) is 3.50. The van der Waals surface area contributed by atoms with E-state index in [0.717, 1.165) is 0 Å². The molecule has 1 heterocycles. The zero-order valence-electron chi connectivity index (χ0n) is 13.0. The number of piperidine rings is 1. The largest absolute Gasteiger partial charge is 0.497 e. The van der Waals surface area contributed by atoms with Gasteiger partial charge in [0.1, 0.15) is 5.75 Å². The fourth-order valence-electron chi connectivity index (χ4n) is 2.61. The number of esters is 1. The van der Waals surface area contributed by atoms with E-state index in [1.165, 1.54) is 0 Å². The van der Waals surface area contributed by atoms with Crippen LogP contribution >= 0.6 is 0 Å². The summed E-state index contributed by atoms with van der Waals surface area (Å²) in [6.07, 6.45) is 1.25. The van der Waals surface area contributed by atoms with Crippen LogP contribution in [0.3, 0.4) is 0 Å². The van der Waals surface area contributed by atoms with Gasteiger partial charge in [0.05, 0.1) is 25.2 Å². The minimum atomic E-state index is -0.168. The summed E-state index contributed by atoms with van der Waals surface area (Å²) in [4.78, 5) is 26.0. The molecule has 0 aliphatic carbocycles. The van der Waals surface area contributed by atoms with Crippen LogP contribution in [-0.2, 0) is 9.53 Å². The second-order valence-electron chi connectivity index (χ2n) is 5.27. The van der Waals surface area contributed by atoms with Gasteiger partial charge in [0.2, 0.25) is 0 Å². The minimum Gasteiger partial charge on any atom is -0.497 e. The van der Waals surface area contributed by atoms with Crippen LogP contribution in [0.5, 0.6) is 5.75 Å². The minimum absolute atomic E-state index is 0.109. The molecule has 0 saturated carbocycles. The highest BCUT2D eigenvalue weighted by atomic mass is 16.5. The molecular weight excluding hydrogens is 284 g/mol. The van der Waals surface area contributed by atoms with Crippen molar-refractivity contribution in [1.82, 2.24) is 4.90 Å². The molecule has 0 radical (unpaired) electrons. The van der Waals surface area contributed by atoms with Crippen molar-refractivity contribution in [1.29, 1.82) is 0 Å². The SMILES string of the molecule is CCOC(=O)C1CCN(C(=O)c2ccc(OC)cc2N)CC1. The number of likely N-dealkylation sites (tertiary alicyclic amines) is 1. The Morgan fingerprint density at radius 3 is 2.55 bits per heavy atom. The van der Waals surface area contributed by atoms with E-state index in [2.05, 4.69) is 0 Å². The smallest absolute Gasteiger partial charge is 0.309 e. The number of amides is 1. The third-order valence-corrected chi connectivity index (χ3v) is 3.89. The lowest BCUT2D eigenvalue weighted by Crippen LogP contribution is -2.40. The number of carbonyl (C=O) groups is 2. The number of rotatable bonds is 4. The third-order valence-electron chi connectivity index (χ3n) is 3.89. The van der Waals surface area contributed by atoms with E-state index in [-0.39, 0.29) is 17.8 Å². The molecule has 22 heavy (non-hydrogen) atoms. The lowest BCUT2D eigenvalue weighted by molar-refractivity contribution is -0.149. The molecule has 1 aromatic carbocycles. The highest BCUT2D eigenvalue weighted by molar-refractivity contribution is 5.99. The molecular formula is C16H22N2O4. The molecule has 6 nitrogen and oxygen atoms in total. The molecule has 2 rings (SSSR count). The van der Waals surface area contributed by atoms with Crippen molar-refractivity contribution in [2.75, 3.05) is 32.5 Å². The normalized spacial score (nSPS) is 15.5. The maximum Gasteiger partial charge on any atom is 0.309 e. The summed E-state index contributed by atoms with van der Waals surface area (Å²) in [7, 11) is 1.55. The number of hydrogen-bond acceptors (Lipinski definition) is 5. The van der Waals surface area contributed by atoms with Crippen LogP contribution in [0.25, 0.3) is 0 Å². The predicted octanol–water partition coefficient (Wildman–Crippen LogP) is 1.69. The summed E-state index contributed by atoms with van der Waals surface area (Å²) in [6.45, 7) is 3.25. The molecule has 1 saturated heterocycles. The number of anilines is 1. The van der Waals surface area contributed by atoms with Crippen molar-refractivity contribution in [3.8, 4) is 5.75 Å². The molecule has 1 fully saturated rings. The van der Waals surface area contributed by atoms with Crippen LogP contribution < -0.4 is 10.5 Å². The first-order chi connectivity index (χ1) is 10.6. The van der Waals surface area contributed by atoms with Crippen LogP contribution in [0.15, 0.2) is 18.2 Å². The Bertz CT molecular complexity index is 551. The average molecular weight is 306 g/mol. The molecule has 0 atom stereocenters. The molecule has 0 aromatic heterocycles. The van der Waals surface area contributed by atoms with Gasteiger partial charge in [0.15, 0.2) is 0 Å². The lowest BCUT2D eigenvalue weighted by atomic mass is 9.96. The van der Waals surface area contributed by atoms with Gasteiger partial charge < -0.3 is 20.1 Å². The van der Waals surface area contributed by atoms with Crippen LogP contribution in [0.4, 0.5) is 5.69 Å². The fraction of sp³-hybridized carbons (Fsp3) is 0.500. The first-order valence-corrected chi connectivity index (χ1v) is 7.46. The Hall–Kier alpha value is -2.24. The Morgan fingerprint density at radius 2 is 2.00 bits per heavy atom. The number of nitrogens with two attached hydrogens (primary N) is 1. The standard InChI is InChI=1S/C16H22N2O4/c1-3-22-16(20)11-6-8-18(9-7-11)15(19)13-5-4-12(21-2)10-14(13)17/h4-5,10-11H,3,6-9,17H2,1-2H3. The maximum atomic E-state index is 12.5. The Balaban J connectivity index is 1.99. The zero-order valence-corrected chi connectivity index (χ0v) is 13.0. The van der Waals surface area contributed by atoms with E-state index in [0.29, 0.717) is 49.5 Å². The number of methoxy groups -OCH3 is 1. The summed E-state index contributed by atoms with van der Waals surface area (Å²) in [5, 5.41) is 0. The summed E-state index contributed by atoms with van der Waals surface area (Å²) in [5.41, 5.74) is 6.79. The predicted molar refractivity (Wildman–Crippen MR) is 82.7 cm³/mol. The van der Waals surface area contributed by atoms with Crippen molar-refractivity contribution in [3.05, 3.63) is 23.8 Å². The van der Waals surface area contributed by atoms with Gasteiger partial charge >= 0.3 is 5.97 Å². The molecule has 1 aliphatic rings. The second-order valence-corrected chi connectivity index (χ2v) is 5.27. The van der Waals surface area contributed by atoms with E-state index < -0.39 is 0 Å². The van der Waals surface area contributed by atoms with E-state index in [9.17, 15) is 9.59 Å². The van der Waals surface area contributed by atoms with Gasteiger partial charge in [-0.15, -0.1) is 0 Å². The molecule has 0 bridgehead atoms. The topological polar surface area (TPSA) is 81.9 Å². The Morgan fingerprint density at radius 1 is 1.32 bits per heavy atom. The Kier molecular flexibility index (Phi) is 5.25. The number of hydrogen-bond donors (Lipinski definition) is 1. The van der Waals surface area contributed by atoms with E-state index >= 15 is 0 Å². The average Bonchev–Trinajstić information content (AvgIpc) is 2.54. The lowest BCUT2D eigenvalue weighted by Gasteiger charge is -2.31. The first-order valence-electron chi connectivity index (χ1n) is 7.46. The first kappa shape index (κ1) is 16.1. The number of benzene rings is 1. The zero-order chi connectivity index (χ0) is 16.1. The molecule has 1 amide bonds. The van der Waals surface area contributed by atoms with Gasteiger partial charge in [0.25, 0.3) is 5.91 Å². The van der Waals surface area contributed by atoms with Gasteiger partial charge in [-0.25, -0.2) is 0 Å². The summed E-state index contributed by atoms with van der Waals surface area (Å²) >= 11 is 0. The van der Waals surface area contributed by atoms with Crippen molar-refractivity contribution >= 4 is 17.6 Å². The van der Waals surface area contributed by atoms with E-state index in [4.69, 9.17) is 15.2 Å². The molecule has 2 N–H and O–H groups in total. The van der Waals surface area contributed by atoms with Gasteiger partial charge in [-0.2, -0.15) is 0 Å². The number of carbonyl (C=O) groups excluding carboxylic acids is 2.